The minimum absolute atomic E-state index is 0.0359. The third-order valence-corrected chi connectivity index (χ3v) is 5.90. The Morgan fingerprint density at radius 1 is 0.966 bits per heavy atom. The van der Waals surface area contributed by atoms with Crippen molar-refractivity contribution in [2.24, 2.45) is 5.92 Å². The van der Waals surface area contributed by atoms with Gasteiger partial charge in [-0.25, -0.2) is 0 Å². The highest BCUT2D eigenvalue weighted by Crippen LogP contribution is 2.30. The van der Waals surface area contributed by atoms with Gasteiger partial charge in [0.1, 0.15) is 0 Å². The van der Waals surface area contributed by atoms with Gasteiger partial charge < -0.3 is 10.2 Å². The van der Waals surface area contributed by atoms with Crippen molar-refractivity contribution in [2.75, 3.05) is 18.4 Å². The second kappa shape index (κ2) is 8.40. The molecular weight excluding hydrogens is 360 g/mol. The average Bonchev–Trinajstić information content (AvgIpc) is 2.69. The number of carbonyl (C=O) groups is 2. The van der Waals surface area contributed by atoms with Crippen LogP contribution >= 0.6 is 0 Å². The van der Waals surface area contributed by atoms with E-state index in [9.17, 15) is 9.59 Å². The quantitative estimate of drug-likeness (QED) is 0.791. The van der Waals surface area contributed by atoms with Crippen LogP contribution in [0.4, 0.5) is 5.69 Å². The summed E-state index contributed by atoms with van der Waals surface area (Å²) in [7, 11) is 0. The molecule has 0 radical (unpaired) electrons. The number of piperidine rings is 1. The Morgan fingerprint density at radius 2 is 1.62 bits per heavy atom. The number of benzene rings is 2. The van der Waals surface area contributed by atoms with Crippen LogP contribution in [-0.4, -0.2) is 29.8 Å². The number of likely N-dealkylation sites (tertiary alicyclic amines) is 1. The van der Waals surface area contributed by atoms with Gasteiger partial charge in [-0.2, -0.15) is 0 Å². The summed E-state index contributed by atoms with van der Waals surface area (Å²) in [5.74, 6) is 0.0526. The minimum atomic E-state index is -0.0631. The molecule has 1 saturated heterocycles. The number of amides is 2. The molecule has 2 amide bonds. The summed E-state index contributed by atoms with van der Waals surface area (Å²) in [6, 6.07) is 13.8. The van der Waals surface area contributed by atoms with E-state index < -0.39 is 0 Å². The van der Waals surface area contributed by atoms with Crippen molar-refractivity contribution < 1.29 is 9.59 Å². The summed E-state index contributed by atoms with van der Waals surface area (Å²) >= 11 is 0. The highest BCUT2D eigenvalue weighted by Gasteiger charge is 2.29. The number of carbonyl (C=O) groups excluding carboxylic acids is 2. The molecule has 1 aliphatic rings. The number of nitrogens with zero attached hydrogens (tertiary/aromatic N) is 1. The van der Waals surface area contributed by atoms with E-state index in [4.69, 9.17) is 0 Å². The second-order valence-corrected chi connectivity index (χ2v) is 9.15. The summed E-state index contributed by atoms with van der Waals surface area (Å²) in [6.07, 6.45) is 1.39. The molecule has 0 aromatic heterocycles. The number of nitrogens with one attached hydrogen (secondary N) is 1. The fraction of sp³-hybridized carbons (Fsp3) is 0.440. The number of hydrogen-bond donors (Lipinski definition) is 1. The van der Waals surface area contributed by atoms with Gasteiger partial charge in [0, 0.05) is 30.3 Å². The van der Waals surface area contributed by atoms with Crippen molar-refractivity contribution in [1.29, 1.82) is 0 Å². The van der Waals surface area contributed by atoms with Gasteiger partial charge in [0.2, 0.25) is 5.91 Å². The molecule has 2 aromatic rings. The average molecular weight is 393 g/mol. The van der Waals surface area contributed by atoms with Crippen molar-refractivity contribution >= 4 is 17.5 Å². The normalized spacial score (nSPS) is 15.3. The van der Waals surface area contributed by atoms with Crippen LogP contribution in [0.25, 0.3) is 0 Å². The maximum atomic E-state index is 12.9. The highest BCUT2D eigenvalue weighted by atomic mass is 16.2. The lowest BCUT2D eigenvalue weighted by Crippen LogP contribution is -2.41. The zero-order chi connectivity index (χ0) is 21.2. The number of aryl methyl sites for hydroxylation is 2. The zero-order valence-corrected chi connectivity index (χ0v) is 18.2. The van der Waals surface area contributed by atoms with Crippen molar-refractivity contribution in [3.63, 3.8) is 0 Å². The summed E-state index contributed by atoms with van der Waals surface area (Å²) in [6.45, 7) is 11.7. The van der Waals surface area contributed by atoms with E-state index >= 15 is 0 Å². The molecule has 0 atom stereocenters. The Labute approximate surface area is 174 Å². The fourth-order valence-electron chi connectivity index (χ4n) is 3.88. The van der Waals surface area contributed by atoms with Crippen LogP contribution in [0.1, 0.15) is 60.7 Å². The maximum Gasteiger partial charge on any atom is 0.253 e. The molecule has 1 N–H and O–H groups in total. The Bertz CT molecular complexity index is 903. The lowest BCUT2D eigenvalue weighted by Gasteiger charge is -2.32. The van der Waals surface area contributed by atoms with Crippen LogP contribution in [0, 0.1) is 19.8 Å². The molecule has 0 bridgehead atoms. The molecule has 1 aliphatic heterocycles. The van der Waals surface area contributed by atoms with E-state index in [-0.39, 0.29) is 23.1 Å². The van der Waals surface area contributed by atoms with Gasteiger partial charge in [-0.3, -0.25) is 9.59 Å². The van der Waals surface area contributed by atoms with Gasteiger partial charge in [0.15, 0.2) is 0 Å². The standard InChI is InChI=1S/C25H32N2O2/c1-17-10-11-20(16-18(17)2)24(29)27-14-12-19(13-15-27)23(28)26-22-9-7-6-8-21(22)25(3,4)5/h6-11,16,19H,12-15H2,1-5H3,(H,26,28). The molecule has 154 valence electrons. The van der Waals surface area contributed by atoms with E-state index in [0.717, 1.165) is 22.4 Å². The van der Waals surface area contributed by atoms with Crippen molar-refractivity contribution in [3.05, 3.63) is 64.7 Å². The van der Waals surface area contributed by atoms with Gasteiger partial charge in [-0.1, -0.05) is 45.0 Å². The lowest BCUT2D eigenvalue weighted by atomic mass is 9.85. The predicted octanol–water partition coefficient (Wildman–Crippen LogP) is 5.09. The highest BCUT2D eigenvalue weighted by molar-refractivity contribution is 5.96. The van der Waals surface area contributed by atoms with Crippen LogP contribution in [0.3, 0.4) is 0 Å². The monoisotopic (exact) mass is 392 g/mol. The first kappa shape index (κ1) is 21.1. The molecule has 0 spiro atoms. The van der Waals surface area contributed by atoms with E-state index in [0.29, 0.717) is 25.9 Å². The van der Waals surface area contributed by atoms with Gasteiger partial charge in [-0.05, 0) is 67.0 Å². The number of anilines is 1. The first-order chi connectivity index (χ1) is 13.7. The van der Waals surface area contributed by atoms with Crippen LogP contribution in [-0.2, 0) is 10.2 Å². The van der Waals surface area contributed by atoms with Crippen molar-refractivity contribution in [2.45, 2.75) is 52.9 Å². The third kappa shape index (κ3) is 4.87. The largest absolute Gasteiger partial charge is 0.339 e. The lowest BCUT2D eigenvalue weighted by molar-refractivity contribution is -0.121. The minimum Gasteiger partial charge on any atom is -0.339 e. The predicted molar refractivity (Wildman–Crippen MR) is 118 cm³/mol. The molecule has 4 nitrogen and oxygen atoms in total. The molecule has 0 unspecified atom stereocenters. The zero-order valence-electron chi connectivity index (χ0n) is 18.2. The van der Waals surface area contributed by atoms with Gasteiger partial charge >= 0.3 is 0 Å². The topological polar surface area (TPSA) is 49.4 Å². The number of para-hydroxylation sites is 1. The number of rotatable bonds is 3. The van der Waals surface area contributed by atoms with Crippen LogP contribution in [0.5, 0.6) is 0 Å². The molecular formula is C25H32N2O2. The summed E-state index contributed by atoms with van der Waals surface area (Å²) < 4.78 is 0. The molecule has 1 fully saturated rings. The van der Waals surface area contributed by atoms with Crippen molar-refractivity contribution in [3.8, 4) is 0 Å². The van der Waals surface area contributed by atoms with Crippen LogP contribution in [0.15, 0.2) is 42.5 Å². The van der Waals surface area contributed by atoms with Crippen molar-refractivity contribution in [1.82, 2.24) is 4.90 Å². The fourth-order valence-corrected chi connectivity index (χ4v) is 3.88. The summed E-state index contributed by atoms with van der Waals surface area (Å²) in [4.78, 5) is 27.5. The van der Waals surface area contributed by atoms with Gasteiger partial charge in [0.25, 0.3) is 5.91 Å². The Kier molecular flexibility index (Phi) is 6.11. The summed E-state index contributed by atoms with van der Waals surface area (Å²) in [5.41, 5.74) is 5.03. The Balaban J connectivity index is 1.61. The maximum absolute atomic E-state index is 12.9. The number of hydrogen-bond acceptors (Lipinski definition) is 2. The smallest absolute Gasteiger partial charge is 0.253 e. The molecule has 4 heteroatoms. The molecule has 3 rings (SSSR count). The molecule has 1 heterocycles. The van der Waals surface area contributed by atoms with Crippen LogP contribution < -0.4 is 5.32 Å². The first-order valence-corrected chi connectivity index (χ1v) is 10.4. The molecule has 0 aliphatic carbocycles. The van der Waals surface area contributed by atoms with E-state index in [2.05, 4.69) is 32.2 Å². The van der Waals surface area contributed by atoms with Crippen LogP contribution in [0.2, 0.25) is 0 Å². The van der Waals surface area contributed by atoms with E-state index in [1.165, 1.54) is 5.56 Å². The Morgan fingerprint density at radius 3 is 2.24 bits per heavy atom. The first-order valence-electron chi connectivity index (χ1n) is 10.4. The Hall–Kier alpha value is -2.62. The van der Waals surface area contributed by atoms with E-state index in [1.54, 1.807) is 0 Å². The molecule has 2 aromatic carbocycles. The summed E-state index contributed by atoms with van der Waals surface area (Å²) in [5, 5.41) is 3.13. The third-order valence-electron chi connectivity index (χ3n) is 5.90. The SMILES string of the molecule is Cc1ccc(C(=O)N2CCC(C(=O)Nc3ccccc3C(C)(C)C)CC2)cc1C. The van der Waals surface area contributed by atoms with Gasteiger partial charge in [0.05, 0.1) is 0 Å². The van der Waals surface area contributed by atoms with E-state index in [1.807, 2.05) is 55.1 Å². The molecule has 29 heavy (non-hydrogen) atoms. The van der Waals surface area contributed by atoms with Gasteiger partial charge in [-0.15, -0.1) is 0 Å². The second-order valence-electron chi connectivity index (χ2n) is 9.15. The molecule has 0 saturated carbocycles.